The fourth-order valence-electron chi connectivity index (χ4n) is 5.10. The lowest BCUT2D eigenvalue weighted by atomic mass is 9.80. The summed E-state index contributed by atoms with van der Waals surface area (Å²) < 4.78 is 13.5. The van der Waals surface area contributed by atoms with Gasteiger partial charge in [-0.1, -0.05) is 97.6 Å². The van der Waals surface area contributed by atoms with Gasteiger partial charge in [0.15, 0.2) is 11.6 Å². The van der Waals surface area contributed by atoms with Crippen molar-refractivity contribution in [2.75, 3.05) is 34.4 Å². The first kappa shape index (κ1) is 51.7. The van der Waals surface area contributed by atoms with E-state index in [-0.39, 0.29) is 35.5 Å². The molecule has 0 aliphatic carbocycles. The molecule has 1 fully saturated rings. The van der Waals surface area contributed by atoms with Gasteiger partial charge in [-0.15, -0.1) is 0 Å². The zero-order valence-corrected chi connectivity index (χ0v) is 35.2. The number of nitrogens with two attached hydrogens (primary N) is 2. The maximum atomic E-state index is 12.1. The summed E-state index contributed by atoms with van der Waals surface area (Å²) in [6.07, 6.45) is 1.50. The number of piperidine rings is 1. The molecule has 6 unspecified atom stereocenters. The van der Waals surface area contributed by atoms with Crippen LogP contribution < -0.4 is 11.5 Å². The Morgan fingerprint density at radius 2 is 1.07 bits per heavy atom. The Morgan fingerprint density at radius 1 is 0.684 bits per heavy atom. The zero-order valence-electron chi connectivity index (χ0n) is 35.2. The predicted molar refractivity (Wildman–Crippen MR) is 223 cm³/mol. The third-order valence-corrected chi connectivity index (χ3v) is 9.22. The van der Waals surface area contributed by atoms with Gasteiger partial charge in [0.05, 0.1) is 21.3 Å². The molecule has 0 bridgehead atoms. The highest BCUT2D eigenvalue weighted by atomic mass is 16.5. The largest absolute Gasteiger partial charge is 0.468 e. The number of methoxy groups -OCH3 is 3. The average molecular weight is 790 g/mol. The fourth-order valence-corrected chi connectivity index (χ4v) is 5.10. The van der Waals surface area contributed by atoms with Crippen molar-refractivity contribution in [1.29, 1.82) is 0 Å². The van der Waals surface area contributed by atoms with E-state index in [0.29, 0.717) is 19.5 Å². The Hall–Kier alpha value is -5.30. The van der Waals surface area contributed by atoms with Gasteiger partial charge in [-0.05, 0) is 71.2 Å². The predicted octanol–water partition coefficient (Wildman–Crippen LogP) is 6.55. The molecule has 0 amide bonds. The quantitative estimate of drug-likeness (QED) is 0.0979. The standard InChI is InChI=1S/C16H21NO3.2C8H11N.C7H10O3.C6H10O3/c1-12(13-7-5-4-6-8-13)17-10-9-14(18)16(2,11-17)15(19)20-3;2*1-7(9)8-5-3-2-4-6-8;1-4-6(8)5(2)7(9)10-3;1-4(5(2)7)6(8)9-3/h4-8,12H,9-11H2,1-3H3;2*2-7H,9H2,1H3;4-5H,1H2,2-3H3;4H,1-3H3. The van der Waals surface area contributed by atoms with Gasteiger partial charge < -0.3 is 25.7 Å². The number of likely N-dealkylation sites (tertiary alicyclic amines) is 1. The summed E-state index contributed by atoms with van der Waals surface area (Å²) in [6.45, 7) is 16.4. The van der Waals surface area contributed by atoms with Crippen LogP contribution in [-0.2, 0) is 43.0 Å². The van der Waals surface area contributed by atoms with Crippen LogP contribution >= 0.6 is 0 Å². The molecule has 0 spiro atoms. The summed E-state index contributed by atoms with van der Waals surface area (Å²) in [4.78, 5) is 68.5. The first-order valence-electron chi connectivity index (χ1n) is 18.7. The monoisotopic (exact) mass is 789 g/mol. The summed E-state index contributed by atoms with van der Waals surface area (Å²) in [5.41, 5.74) is 13.8. The number of hydrogen-bond acceptors (Lipinski definition) is 12. The van der Waals surface area contributed by atoms with E-state index in [1.807, 2.05) is 92.7 Å². The molecule has 6 atom stereocenters. The van der Waals surface area contributed by atoms with Crippen LogP contribution in [0.2, 0.25) is 0 Å². The summed E-state index contributed by atoms with van der Waals surface area (Å²) in [6, 6.07) is 30.7. The lowest BCUT2D eigenvalue weighted by molar-refractivity contribution is -0.161. The van der Waals surface area contributed by atoms with Crippen LogP contribution in [0.15, 0.2) is 104 Å². The number of esters is 3. The Morgan fingerprint density at radius 3 is 1.37 bits per heavy atom. The molecule has 3 aromatic rings. The summed E-state index contributed by atoms with van der Waals surface area (Å²) >= 11 is 0. The second-order valence-electron chi connectivity index (χ2n) is 13.7. The van der Waals surface area contributed by atoms with E-state index in [1.54, 1.807) is 6.92 Å². The second-order valence-corrected chi connectivity index (χ2v) is 13.7. The smallest absolute Gasteiger partial charge is 0.320 e. The number of nitrogens with zero attached hydrogens (tertiary/aromatic N) is 1. The van der Waals surface area contributed by atoms with E-state index in [4.69, 9.17) is 16.2 Å². The average Bonchev–Trinajstić information content (AvgIpc) is 3.24. The van der Waals surface area contributed by atoms with Crippen LogP contribution in [0.4, 0.5) is 0 Å². The third kappa shape index (κ3) is 18.5. The summed E-state index contributed by atoms with van der Waals surface area (Å²) in [7, 11) is 3.84. The highest BCUT2D eigenvalue weighted by Crippen LogP contribution is 2.32. The molecule has 1 aliphatic heterocycles. The zero-order chi connectivity index (χ0) is 43.7. The second kappa shape index (κ2) is 27.3. The molecule has 57 heavy (non-hydrogen) atoms. The van der Waals surface area contributed by atoms with Gasteiger partial charge in [-0.25, -0.2) is 0 Å². The molecular formula is C45H63N3O9. The van der Waals surface area contributed by atoms with Crippen LogP contribution in [0.1, 0.15) is 89.7 Å². The number of hydrogen-bond donors (Lipinski definition) is 2. The minimum Gasteiger partial charge on any atom is -0.468 e. The van der Waals surface area contributed by atoms with Crippen molar-refractivity contribution in [1.82, 2.24) is 4.90 Å². The van der Waals surface area contributed by atoms with Crippen LogP contribution in [0.25, 0.3) is 0 Å². The van der Waals surface area contributed by atoms with Crippen molar-refractivity contribution in [2.24, 2.45) is 28.7 Å². The van der Waals surface area contributed by atoms with Crippen molar-refractivity contribution < 1.29 is 43.0 Å². The number of carbonyl (C=O) groups is 6. The Kier molecular flexibility index (Phi) is 24.8. The lowest BCUT2D eigenvalue weighted by Crippen LogP contribution is -2.52. The molecule has 0 aromatic heterocycles. The van der Waals surface area contributed by atoms with Crippen LogP contribution in [0.5, 0.6) is 0 Å². The van der Waals surface area contributed by atoms with Crippen molar-refractivity contribution in [3.63, 3.8) is 0 Å². The minimum atomic E-state index is -1.05. The number of ketones is 3. The van der Waals surface area contributed by atoms with Crippen LogP contribution in [0, 0.1) is 17.3 Å². The van der Waals surface area contributed by atoms with Crippen LogP contribution in [-0.4, -0.2) is 74.6 Å². The van der Waals surface area contributed by atoms with Gasteiger partial charge in [-0.3, -0.25) is 33.7 Å². The topological polar surface area (TPSA) is 185 Å². The molecule has 1 aliphatic rings. The van der Waals surface area contributed by atoms with E-state index >= 15 is 0 Å². The Bertz CT molecular complexity index is 1630. The van der Waals surface area contributed by atoms with Gasteiger partial charge in [0.1, 0.15) is 23.0 Å². The molecule has 1 heterocycles. The Labute approximate surface area is 338 Å². The highest BCUT2D eigenvalue weighted by Gasteiger charge is 2.46. The fraction of sp³-hybridized carbons (Fsp3) is 0.422. The van der Waals surface area contributed by atoms with E-state index in [9.17, 15) is 28.8 Å². The van der Waals surface area contributed by atoms with Crippen molar-refractivity contribution >= 4 is 35.3 Å². The number of allylic oxidation sites excluding steroid dienone is 1. The van der Waals surface area contributed by atoms with Gasteiger partial charge in [0.2, 0.25) is 0 Å². The number of benzene rings is 3. The van der Waals surface area contributed by atoms with Gasteiger partial charge in [-0.2, -0.15) is 0 Å². The number of carbonyl (C=O) groups excluding carboxylic acids is 6. The molecule has 312 valence electrons. The first-order valence-corrected chi connectivity index (χ1v) is 18.7. The normalized spacial score (nSPS) is 17.0. The van der Waals surface area contributed by atoms with Gasteiger partial charge in [0.25, 0.3) is 0 Å². The lowest BCUT2D eigenvalue weighted by Gasteiger charge is -2.40. The van der Waals surface area contributed by atoms with E-state index in [2.05, 4.69) is 40.0 Å². The molecule has 1 saturated heterocycles. The molecule has 0 saturated carbocycles. The molecule has 3 aromatic carbocycles. The molecular weight excluding hydrogens is 727 g/mol. The van der Waals surface area contributed by atoms with E-state index in [0.717, 1.165) is 6.08 Å². The molecule has 0 radical (unpaired) electrons. The first-order chi connectivity index (χ1) is 26.8. The van der Waals surface area contributed by atoms with Crippen LogP contribution in [0.3, 0.4) is 0 Å². The number of ether oxygens (including phenoxy) is 3. The maximum Gasteiger partial charge on any atom is 0.320 e. The SMILES string of the molecule is C=CC(=O)C(C)C(=O)OC.CC(N)c1ccccc1.CC(N)c1ccccc1.COC(=O)C(C)C(C)=O.COC(=O)C1(C)CN(C(C)c2ccccc2)CCC1=O. The van der Waals surface area contributed by atoms with Gasteiger partial charge in [0, 0.05) is 37.6 Å². The van der Waals surface area contributed by atoms with Crippen molar-refractivity contribution in [3.8, 4) is 0 Å². The maximum absolute atomic E-state index is 12.1. The minimum absolute atomic E-state index is 0.0270. The highest BCUT2D eigenvalue weighted by molar-refractivity contribution is 6.04. The molecule has 4 N–H and O–H groups in total. The third-order valence-electron chi connectivity index (χ3n) is 9.22. The molecule has 12 nitrogen and oxygen atoms in total. The van der Waals surface area contributed by atoms with E-state index in [1.165, 1.54) is 58.8 Å². The summed E-state index contributed by atoms with van der Waals surface area (Å²) in [5, 5.41) is 0. The molecule has 12 heteroatoms. The molecule has 4 rings (SSSR count). The Balaban J connectivity index is 0.000000728. The number of Topliss-reactive ketones (excluding diaryl/α,β-unsaturated/α-hetero) is 2. The van der Waals surface area contributed by atoms with Gasteiger partial charge >= 0.3 is 17.9 Å². The summed E-state index contributed by atoms with van der Waals surface area (Å²) in [5.74, 6) is -3.27. The number of rotatable bonds is 10. The van der Waals surface area contributed by atoms with Crippen molar-refractivity contribution in [2.45, 2.75) is 73.0 Å². The van der Waals surface area contributed by atoms with Crippen molar-refractivity contribution in [3.05, 3.63) is 120 Å². The van der Waals surface area contributed by atoms with E-state index < -0.39 is 35.2 Å².